The van der Waals surface area contributed by atoms with Gasteiger partial charge in [-0.15, -0.1) is 0 Å². The zero-order valence-corrected chi connectivity index (χ0v) is 12.8. The fourth-order valence-electron chi connectivity index (χ4n) is 3.40. The van der Waals surface area contributed by atoms with Crippen LogP contribution in [0.25, 0.3) is 0 Å². The standard InChI is InChI=1S/C16H23N3O2/c1-13-4-3-6-17-14(13)8-18-9-16(10-18)11-19(12-16)15(20)5-7-21-2/h3-4,6H,5,7-12H2,1-2H3. The van der Waals surface area contributed by atoms with Crippen LogP contribution in [0.1, 0.15) is 17.7 Å². The Kier molecular flexibility index (Phi) is 3.95. The summed E-state index contributed by atoms with van der Waals surface area (Å²) in [6.07, 6.45) is 2.36. The van der Waals surface area contributed by atoms with Crippen molar-refractivity contribution in [2.45, 2.75) is 19.9 Å². The number of carbonyl (C=O) groups is 1. The maximum Gasteiger partial charge on any atom is 0.224 e. The van der Waals surface area contributed by atoms with E-state index in [2.05, 4.69) is 22.9 Å². The fourth-order valence-corrected chi connectivity index (χ4v) is 3.40. The van der Waals surface area contributed by atoms with Crippen LogP contribution < -0.4 is 0 Å². The van der Waals surface area contributed by atoms with Gasteiger partial charge in [0.05, 0.1) is 18.7 Å². The maximum absolute atomic E-state index is 11.9. The lowest BCUT2D eigenvalue weighted by Gasteiger charge is -2.60. The zero-order chi connectivity index (χ0) is 14.9. The molecule has 1 aromatic heterocycles. The summed E-state index contributed by atoms with van der Waals surface area (Å²) >= 11 is 0. The molecule has 0 unspecified atom stereocenters. The summed E-state index contributed by atoms with van der Waals surface area (Å²) < 4.78 is 4.96. The molecule has 114 valence electrons. The summed E-state index contributed by atoms with van der Waals surface area (Å²) in [6.45, 7) is 7.53. The SMILES string of the molecule is COCCC(=O)N1CC2(CN(Cc3ncccc3C)C2)C1. The third-order valence-corrected chi connectivity index (χ3v) is 4.53. The van der Waals surface area contributed by atoms with Crippen molar-refractivity contribution in [3.63, 3.8) is 0 Å². The highest BCUT2D eigenvalue weighted by Gasteiger charge is 2.52. The van der Waals surface area contributed by atoms with E-state index in [-0.39, 0.29) is 5.91 Å². The van der Waals surface area contributed by atoms with E-state index < -0.39 is 0 Å². The molecular formula is C16H23N3O2. The summed E-state index contributed by atoms with van der Waals surface area (Å²) in [6, 6.07) is 4.09. The Labute approximate surface area is 125 Å². The first-order valence-electron chi connectivity index (χ1n) is 7.51. The van der Waals surface area contributed by atoms with Gasteiger partial charge >= 0.3 is 0 Å². The monoisotopic (exact) mass is 289 g/mol. The van der Waals surface area contributed by atoms with Gasteiger partial charge in [-0.1, -0.05) is 6.07 Å². The number of amides is 1. The lowest BCUT2D eigenvalue weighted by Crippen LogP contribution is -2.72. The first kappa shape index (κ1) is 14.5. The van der Waals surface area contributed by atoms with Crippen LogP contribution >= 0.6 is 0 Å². The van der Waals surface area contributed by atoms with Gasteiger partial charge < -0.3 is 9.64 Å². The molecule has 0 bridgehead atoms. The molecule has 2 aliphatic rings. The smallest absolute Gasteiger partial charge is 0.224 e. The van der Waals surface area contributed by atoms with Crippen LogP contribution in [-0.2, 0) is 16.1 Å². The van der Waals surface area contributed by atoms with E-state index in [1.807, 2.05) is 17.2 Å². The van der Waals surface area contributed by atoms with E-state index in [4.69, 9.17) is 4.74 Å². The molecular weight excluding hydrogens is 266 g/mol. The molecule has 5 nitrogen and oxygen atoms in total. The number of rotatable bonds is 5. The van der Waals surface area contributed by atoms with Gasteiger partial charge in [-0.05, 0) is 18.6 Å². The molecule has 0 atom stereocenters. The van der Waals surface area contributed by atoms with Crippen molar-refractivity contribution in [2.24, 2.45) is 5.41 Å². The summed E-state index contributed by atoms with van der Waals surface area (Å²) in [5, 5.41) is 0. The number of aryl methyl sites for hydroxylation is 1. The van der Waals surface area contributed by atoms with E-state index in [0.717, 1.165) is 32.7 Å². The molecule has 5 heteroatoms. The predicted octanol–water partition coefficient (Wildman–Crippen LogP) is 1.07. The number of ether oxygens (including phenoxy) is 1. The fraction of sp³-hybridized carbons (Fsp3) is 0.625. The van der Waals surface area contributed by atoms with Crippen molar-refractivity contribution in [1.29, 1.82) is 0 Å². The van der Waals surface area contributed by atoms with E-state index in [0.29, 0.717) is 18.4 Å². The first-order chi connectivity index (χ1) is 10.1. The highest BCUT2D eigenvalue weighted by Crippen LogP contribution is 2.40. The number of methoxy groups -OCH3 is 1. The number of likely N-dealkylation sites (tertiary alicyclic amines) is 2. The predicted molar refractivity (Wildman–Crippen MR) is 79.8 cm³/mol. The van der Waals surface area contributed by atoms with Crippen molar-refractivity contribution < 1.29 is 9.53 Å². The maximum atomic E-state index is 11.9. The van der Waals surface area contributed by atoms with Crippen LogP contribution in [0.15, 0.2) is 18.3 Å². The molecule has 2 aliphatic heterocycles. The summed E-state index contributed by atoms with van der Waals surface area (Å²) in [5.74, 6) is 0.224. The Hall–Kier alpha value is -1.46. The molecule has 0 saturated carbocycles. The number of hydrogen-bond donors (Lipinski definition) is 0. The summed E-state index contributed by atoms with van der Waals surface area (Å²) in [5.41, 5.74) is 2.77. The Morgan fingerprint density at radius 2 is 2.14 bits per heavy atom. The normalized spacial score (nSPS) is 20.2. The molecule has 2 saturated heterocycles. The average molecular weight is 289 g/mol. The molecule has 21 heavy (non-hydrogen) atoms. The van der Waals surface area contributed by atoms with Crippen LogP contribution in [0.3, 0.4) is 0 Å². The van der Waals surface area contributed by atoms with Gasteiger partial charge in [-0.25, -0.2) is 0 Å². The van der Waals surface area contributed by atoms with Gasteiger partial charge in [-0.3, -0.25) is 14.7 Å². The Bertz CT molecular complexity index is 518. The largest absolute Gasteiger partial charge is 0.384 e. The first-order valence-corrected chi connectivity index (χ1v) is 7.51. The zero-order valence-electron chi connectivity index (χ0n) is 12.8. The van der Waals surface area contributed by atoms with Gasteiger partial charge in [0.25, 0.3) is 0 Å². The molecule has 0 aliphatic carbocycles. The van der Waals surface area contributed by atoms with E-state index >= 15 is 0 Å². The van der Waals surface area contributed by atoms with Gasteiger partial charge in [0.1, 0.15) is 0 Å². The molecule has 3 heterocycles. The minimum absolute atomic E-state index is 0.224. The molecule has 1 aromatic rings. The highest BCUT2D eigenvalue weighted by molar-refractivity contribution is 5.77. The van der Waals surface area contributed by atoms with Crippen molar-refractivity contribution in [3.05, 3.63) is 29.6 Å². The van der Waals surface area contributed by atoms with Gasteiger partial charge in [0.15, 0.2) is 0 Å². The second-order valence-corrected chi connectivity index (χ2v) is 6.40. The summed E-state index contributed by atoms with van der Waals surface area (Å²) in [4.78, 5) is 20.7. The van der Waals surface area contributed by atoms with Crippen LogP contribution in [0.5, 0.6) is 0 Å². The van der Waals surface area contributed by atoms with Crippen molar-refractivity contribution in [1.82, 2.24) is 14.8 Å². The van der Waals surface area contributed by atoms with E-state index in [1.165, 1.54) is 11.3 Å². The molecule has 1 amide bonds. The van der Waals surface area contributed by atoms with Crippen molar-refractivity contribution in [3.8, 4) is 0 Å². The van der Waals surface area contributed by atoms with Crippen LogP contribution in [0.2, 0.25) is 0 Å². The van der Waals surface area contributed by atoms with Gasteiger partial charge in [-0.2, -0.15) is 0 Å². The Morgan fingerprint density at radius 3 is 2.81 bits per heavy atom. The van der Waals surface area contributed by atoms with Gasteiger partial charge in [0.2, 0.25) is 5.91 Å². The number of carbonyl (C=O) groups excluding carboxylic acids is 1. The number of nitrogens with zero attached hydrogens (tertiary/aromatic N) is 3. The molecule has 0 N–H and O–H groups in total. The minimum atomic E-state index is 0.224. The van der Waals surface area contributed by atoms with Crippen LogP contribution in [0, 0.1) is 12.3 Å². The number of pyridine rings is 1. The second kappa shape index (κ2) is 5.73. The van der Waals surface area contributed by atoms with E-state index in [1.54, 1.807) is 7.11 Å². The second-order valence-electron chi connectivity index (χ2n) is 6.40. The molecule has 1 spiro atoms. The quantitative estimate of drug-likeness (QED) is 0.813. The van der Waals surface area contributed by atoms with Gasteiger partial charge in [0, 0.05) is 51.4 Å². The third kappa shape index (κ3) is 2.94. The molecule has 0 aromatic carbocycles. The highest BCUT2D eigenvalue weighted by atomic mass is 16.5. The Balaban J connectivity index is 1.43. The average Bonchev–Trinajstić information content (AvgIpc) is 2.39. The number of hydrogen-bond acceptors (Lipinski definition) is 4. The lowest BCUT2D eigenvalue weighted by molar-refractivity contribution is -0.160. The van der Waals surface area contributed by atoms with Crippen LogP contribution in [-0.4, -0.2) is 60.6 Å². The minimum Gasteiger partial charge on any atom is -0.384 e. The topological polar surface area (TPSA) is 45.7 Å². The molecule has 2 fully saturated rings. The van der Waals surface area contributed by atoms with Crippen molar-refractivity contribution in [2.75, 3.05) is 39.9 Å². The van der Waals surface area contributed by atoms with Crippen molar-refractivity contribution >= 4 is 5.91 Å². The molecule has 0 radical (unpaired) electrons. The van der Waals surface area contributed by atoms with Crippen LogP contribution in [0.4, 0.5) is 0 Å². The lowest BCUT2D eigenvalue weighted by atomic mass is 9.72. The number of aromatic nitrogens is 1. The third-order valence-electron chi connectivity index (χ3n) is 4.53. The molecule has 3 rings (SSSR count). The Morgan fingerprint density at radius 1 is 1.38 bits per heavy atom. The van der Waals surface area contributed by atoms with E-state index in [9.17, 15) is 4.79 Å². The summed E-state index contributed by atoms with van der Waals surface area (Å²) in [7, 11) is 1.63.